The molecule has 0 aliphatic carbocycles. The number of pyridine rings is 1. The van der Waals surface area contributed by atoms with Crippen LogP contribution in [0.1, 0.15) is 145 Å². The second-order valence-electron chi connectivity index (χ2n) is 21.6. The van der Waals surface area contributed by atoms with Gasteiger partial charge in [0, 0.05) is 78.6 Å². The van der Waals surface area contributed by atoms with Gasteiger partial charge in [0.25, 0.3) is 11.8 Å². The Morgan fingerprint density at radius 3 is 2.16 bits per heavy atom. The number of rotatable bonds is 29. The predicted molar refractivity (Wildman–Crippen MR) is 350 cm³/mol. The van der Waals surface area contributed by atoms with Crippen LogP contribution in [0, 0.1) is 18.8 Å². The number of hydrogen-bond donors (Lipinski definition) is 8. The Kier molecular flexibility index (Phi) is 23.3. The number of carbonyl (C=O) groups is 8. The number of anilines is 1. The summed E-state index contributed by atoms with van der Waals surface area (Å²) >= 11 is 7.33. The monoisotopic (exact) mass is 1370 g/mol. The van der Waals surface area contributed by atoms with Crippen LogP contribution in [-0.2, 0) is 30.5 Å². The van der Waals surface area contributed by atoms with Crippen molar-refractivity contribution < 1.29 is 58.4 Å². The van der Waals surface area contributed by atoms with Gasteiger partial charge < -0.3 is 52.0 Å². The molecule has 0 radical (unpaired) electrons. The number of carboxylic acid groups (broad SMARTS) is 2. The third-order valence-corrected chi connectivity index (χ3v) is 20.5. The third kappa shape index (κ3) is 16.7. The zero-order chi connectivity index (χ0) is 65.8. The number of ether oxygens (including phenoxy) is 1. The number of thiazole rings is 6. The number of aliphatic hydroxyl groups is 1. The number of benzene rings is 1. The molecule has 92 heavy (non-hydrogen) atoms. The summed E-state index contributed by atoms with van der Waals surface area (Å²) < 4.78 is 5.44. The summed E-state index contributed by atoms with van der Waals surface area (Å²) in [5.74, 6) is -4.31. The number of piperidine rings is 1. The first-order chi connectivity index (χ1) is 44.2. The molecule has 7 aromatic heterocycles. The number of aryl methyl sites for hydroxylation is 1. The highest BCUT2D eigenvalue weighted by molar-refractivity contribution is 7.15. The van der Waals surface area contributed by atoms with Crippen molar-refractivity contribution in [3.8, 4) is 43.4 Å². The standard InChI is InChI=1S/C60H66N14O12S6/c1-30(2)45(70-52(82)46-31(3)91-54(71-46)36(61)22-42(76)62-4)58-72-48(40(92-58)25-86-5)51(81)63-23-43(77)69-49(50(80)32-12-8-6-9-13-32)57-67-39(28-89-57)56-66-38(27-88-56)47-35(53-64-34(24-75)26-87-53)15-16-37(65-47)55-68-41(29-90-55)74(19-11-7-10-14-44(78)79)60(85)73-20-17-33(18-21-73)59(83)84/h6,8-9,12-13,15-16,24,26-30,33,36,45,49-50,80H,7,10-11,14,17-23,25,61H2,1-5H3,(H,62,76)(H,63,81)(H,69,77)(H,70,82)(H,78,79)(H,83,84)/t36-,45?,49-,50-/m0/s1. The highest BCUT2D eigenvalue weighted by atomic mass is 32.1. The van der Waals surface area contributed by atoms with Crippen molar-refractivity contribution in [1.29, 1.82) is 0 Å². The number of hydrogen-bond acceptors (Lipinski definition) is 24. The zero-order valence-corrected chi connectivity index (χ0v) is 55.3. The van der Waals surface area contributed by atoms with Gasteiger partial charge in [-0.05, 0) is 56.2 Å². The summed E-state index contributed by atoms with van der Waals surface area (Å²) in [6.07, 6.45) is 1.43. The number of aliphatic carboxylic acids is 2. The van der Waals surface area contributed by atoms with Gasteiger partial charge in [0.1, 0.15) is 82.2 Å². The van der Waals surface area contributed by atoms with Gasteiger partial charge in [-0.25, -0.2) is 39.7 Å². The van der Waals surface area contributed by atoms with Crippen LogP contribution in [0.25, 0.3) is 43.4 Å². The fraction of sp³-hybridized carbons (Fsp3) is 0.383. The average molecular weight is 1370 g/mol. The number of carboxylic acids is 2. The van der Waals surface area contributed by atoms with Gasteiger partial charge in [0.05, 0.1) is 41.7 Å². The van der Waals surface area contributed by atoms with Crippen molar-refractivity contribution in [2.75, 3.05) is 45.2 Å². The number of nitrogens with two attached hydrogens (primary N) is 1. The normalized spacial score (nSPS) is 13.9. The minimum absolute atomic E-state index is 0.00101. The lowest BCUT2D eigenvalue weighted by atomic mass is 9.97. The Morgan fingerprint density at radius 1 is 0.750 bits per heavy atom. The molecule has 1 aliphatic heterocycles. The summed E-state index contributed by atoms with van der Waals surface area (Å²) in [7, 11) is 2.97. The molecule has 32 heteroatoms. The van der Waals surface area contributed by atoms with Gasteiger partial charge in [-0.2, -0.15) is 0 Å². The van der Waals surface area contributed by atoms with E-state index < -0.39 is 66.4 Å². The van der Waals surface area contributed by atoms with Crippen molar-refractivity contribution in [2.45, 2.75) is 96.6 Å². The molecule has 8 heterocycles. The van der Waals surface area contributed by atoms with Gasteiger partial charge in [-0.1, -0.05) is 50.6 Å². The Morgan fingerprint density at radius 2 is 1.47 bits per heavy atom. The molecule has 4 atom stereocenters. The van der Waals surface area contributed by atoms with Crippen molar-refractivity contribution in [1.82, 2.24) is 61.1 Å². The quantitative estimate of drug-likeness (QED) is 0.0160. The maximum Gasteiger partial charge on any atom is 0.325 e. The van der Waals surface area contributed by atoms with E-state index in [1.54, 1.807) is 80.7 Å². The van der Waals surface area contributed by atoms with Crippen LogP contribution >= 0.6 is 68.0 Å². The van der Waals surface area contributed by atoms with Crippen LogP contribution in [0.2, 0.25) is 0 Å². The number of urea groups is 1. The van der Waals surface area contributed by atoms with E-state index in [0.717, 1.165) is 0 Å². The number of methoxy groups -OCH3 is 1. The second-order valence-corrected chi connectivity index (χ2v) is 27.4. The highest BCUT2D eigenvalue weighted by Crippen LogP contribution is 2.40. The number of unbranched alkanes of at least 4 members (excludes halogenated alkanes) is 2. The van der Waals surface area contributed by atoms with E-state index in [1.165, 1.54) is 82.2 Å². The number of nitrogens with zero attached hydrogens (tertiary/aromatic N) is 9. The molecule has 1 fully saturated rings. The maximum atomic E-state index is 14.2. The average Bonchev–Trinajstić information content (AvgIpc) is 1.63. The van der Waals surface area contributed by atoms with Crippen molar-refractivity contribution in [3.63, 3.8) is 0 Å². The fourth-order valence-corrected chi connectivity index (χ4v) is 15.3. The molecule has 1 unspecified atom stereocenters. The van der Waals surface area contributed by atoms with E-state index in [4.69, 9.17) is 30.4 Å². The summed E-state index contributed by atoms with van der Waals surface area (Å²) in [4.78, 5) is 140. The van der Waals surface area contributed by atoms with Crippen molar-refractivity contribution >= 4 is 122 Å². The Hall–Kier alpha value is -8.21. The molecule has 1 saturated heterocycles. The van der Waals surface area contributed by atoms with Crippen LogP contribution in [0.4, 0.5) is 10.6 Å². The number of aliphatic hydroxyl groups excluding tert-OH is 1. The Bertz CT molecular complexity index is 3950. The molecule has 1 aliphatic rings. The lowest BCUT2D eigenvalue weighted by Gasteiger charge is -2.34. The molecule has 1 aromatic carbocycles. The first-order valence-corrected chi connectivity index (χ1v) is 34.2. The smallest absolute Gasteiger partial charge is 0.325 e. The molecular formula is C60H66N14O12S6. The summed E-state index contributed by atoms with van der Waals surface area (Å²) in [5, 5.41) is 51.3. The molecule has 0 saturated carbocycles. The first-order valence-electron chi connectivity index (χ1n) is 29.1. The number of aldehydes is 1. The Balaban J connectivity index is 0.934. The zero-order valence-electron chi connectivity index (χ0n) is 50.4. The second kappa shape index (κ2) is 31.4. The Labute approximate surface area is 551 Å². The number of nitrogens with one attached hydrogen (secondary N) is 4. The molecular weight excluding hydrogens is 1300 g/mol. The minimum atomic E-state index is -1.31. The molecule has 8 aromatic rings. The largest absolute Gasteiger partial charge is 0.481 e. The van der Waals surface area contributed by atoms with E-state index in [2.05, 4.69) is 36.2 Å². The number of likely N-dealkylation sites (tertiary alicyclic amines) is 1. The van der Waals surface area contributed by atoms with Crippen LogP contribution in [-0.4, -0.2) is 143 Å². The van der Waals surface area contributed by atoms with E-state index in [9.17, 15) is 53.7 Å². The van der Waals surface area contributed by atoms with Crippen LogP contribution in [0.3, 0.4) is 0 Å². The van der Waals surface area contributed by atoms with Gasteiger partial charge in [-0.15, -0.1) is 68.0 Å². The van der Waals surface area contributed by atoms with E-state index in [1.807, 2.05) is 13.8 Å². The lowest BCUT2D eigenvalue weighted by molar-refractivity contribution is -0.143. The number of aromatic nitrogens is 7. The molecule has 484 valence electrons. The first kappa shape index (κ1) is 68.2. The van der Waals surface area contributed by atoms with Gasteiger partial charge in [0.15, 0.2) is 6.29 Å². The van der Waals surface area contributed by atoms with Gasteiger partial charge >= 0.3 is 18.0 Å². The molecule has 0 spiro atoms. The minimum Gasteiger partial charge on any atom is -0.481 e. The third-order valence-electron chi connectivity index (χ3n) is 14.8. The molecule has 26 nitrogen and oxygen atoms in total. The highest BCUT2D eigenvalue weighted by Gasteiger charge is 2.34. The molecule has 6 amide bonds. The van der Waals surface area contributed by atoms with E-state index >= 15 is 0 Å². The molecule has 9 rings (SSSR count). The summed E-state index contributed by atoms with van der Waals surface area (Å²) in [6, 6.07) is 9.43. The summed E-state index contributed by atoms with van der Waals surface area (Å²) in [5.41, 5.74) is 9.34. The number of carbonyl (C=O) groups excluding carboxylic acids is 6. The van der Waals surface area contributed by atoms with Crippen LogP contribution < -0.4 is 31.9 Å². The van der Waals surface area contributed by atoms with Gasteiger partial charge in [-0.3, -0.25) is 38.5 Å². The van der Waals surface area contributed by atoms with Gasteiger partial charge in [0.2, 0.25) is 11.8 Å². The fourth-order valence-electron chi connectivity index (χ4n) is 9.86. The van der Waals surface area contributed by atoms with E-state index in [0.29, 0.717) is 118 Å². The number of amides is 6. The van der Waals surface area contributed by atoms with Crippen molar-refractivity contribution in [3.05, 3.63) is 111 Å². The predicted octanol–water partition coefficient (Wildman–Crippen LogP) is 8.71. The van der Waals surface area contributed by atoms with Crippen LogP contribution in [0.15, 0.2) is 64.0 Å². The lowest BCUT2D eigenvalue weighted by Crippen LogP contribution is -2.48. The molecule has 9 N–H and O–H groups in total. The van der Waals surface area contributed by atoms with Crippen LogP contribution in [0.5, 0.6) is 0 Å². The topological polar surface area (TPSA) is 377 Å². The van der Waals surface area contributed by atoms with E-state index in [-0.39, 0.29) is 74.0 Å². The maximum absolute atomic E-state index is 14.2. The summed E-state index contributed by atoms with van der Waals surface area (Å²) in [6.45, 7) is 5.72. The SMILES string of the molecule is CNC(=O)C[C@H](N)c1nc(C(=O)NC(c2nc(C(=O)NCC(=O)N[C@H](c3nc(-c4nc(-c5nc(-c6nc(N(CCCCCC(=O)O)C(=O)N7CCC(C(=O)O)CC7)cs6)ccc5-c5nc(C=O)cs5)cs4)cs3)[C@@H](O)c3ccccc3)c(COC)s2)C(C)C)c(C)s1. The molecule has 0 bridgehead atoms. The van der Waals surface area contributed by atoms with Crippen molar-refractivity contribution in [2.24, 2.45) is 17.6 Å².